The summed E-state index contributed by atoms with van der Waals surface area (Å²) < 4.78 is 0. The lowest BCUT2D eigenvalue weighted by Crippen LogP contribution is -2.47. The molecule has 1 aliphatic rings. The highest BCUT2D eigenvalue weighted by Crippen LogP contribution is 2.42. The lowest BCUT2D eigenvalue weighted by molar-refractivity contribution is -0.123. The minimum Gasteiger partial charge on any atom is -0.354 e. The van der Waals surface area contributed by atoms with Crippen molar-refractivity contribution >= 4 is 5.91 Å². The van der Waals surface area contributed by atoms with E-state index in [1.165, 1.54) is 19.3 Å². The number of carbonyl (C=O) groups is 1. The fraction of sp³-hybridized carbons (Fsp3) is 0.917. The Bertz CT molecular complexity index is 206. The second kappa shape index (κ2) is 5.50. The van der Waals surface area contributed by atoms with Gasteiger partial charge in [-0.1, -0.05) is 26.7 Å². The molecule has 3 nitrogen and oxygen atoms in total. The Balaban J connectivity index is 2.26. The molecule has 15 heavy (non-hydrogen) atoms. The number of nitrogens with one attached hydrogen (secondary N) is 1. The minimum absolute atomic E-state index is 0.0246. The van der Waals surface area contributed by atoms with Crippen LogP contribution in [0.3, 0.4) is 0 Å². The van der Waals surface area contributed by atoms with Crippen LogP contribution in [0.5, 0.6) is 0 Å². The van der Waals surface area contributed by atoms with Gasteiger partial charge < -0.3 is 11.1 Å². The molecule has 0 radical (unpaired) electrons. The standard InChI is InChI=1S/C12H24N2O/c1-3-6-10(13)11(15)14-9-12(4-2)7-5-8-12/h10H,3-9,13H2,1-2H3,(H,14,15)/t10-/m1/s1. The molecule has 1 aliphatic carbocycles. The van der Waals surface area contributed by atoms with Gasteiger partial charge in [0.15, 0.2) is 0 Å². The number of hydrogen-bond donors (Lipinski definition) is 2. The van der Waals surface area contributed by atoms with Crippen molar-refractivity contribution in [2.24, 2.45) is 11.1 Å². The van der Waals surface area contributed by atoms with Crippen molar-refractivity contribution in [3.63, 3.8) is 0 Å². The fourth-order valence-corrected chi connectivity index (χ4v) is 2.18. The monoisotopic (exact) mass is 212 g/mol. The molecule has 0 saturated heterocycles. The van der Waals surface area contributed by atoms with Gasteiger partial charge in [-0.05, 0) is 31.1 Å². The van der Waals surface area contributed by atoms with Gasteiger partial charge in [0.25, 0.3) is 0 Å². The Labute approximate surface area is 92.8 Å². The molecule has 0 aromatic rings. The summed E-state index contributed by atoms with van der Waals surface area (Å²) in [6, 6.07) is -0.316. The molecule has 0 heterocycles. The Morgan fingerprint density at radius 1 is 1.47 bits per heavy atom. The molecule has 0 bridgehead atoms. The number of rotatable bonds is 6. The van der Waals surface area contributed by atoms with E-state index in [1.54, 1.807) is 0 Å². The summed E-state index contributed by atoms with van der Waals surface area (Å²) in [5, 5.41) is 3.00. The zero-order chi connectivity index (χ0) is 11.3. The highest BCUT2D eigenvalue weighted by atomic mass is 16.2. The average Bonchev–Trinajstić information content (AvgIpc) is 2.17. The van der Waals surface area contributed by atoms with Gasteiger partial charge in [0.1, 0.15) is 0 Å². The van der Waals surface area contributed by atoms with E-state index in [0.29, 0.717) is 5.41 Å². The fourth-order valence-electron chi connectivity index (χ4n) is 2.18. The van der Waals surface area contributed by atoms with Crippen LogP contribution in [-0.4, -0.2) is 18.5 Å². The molecule has 1 atom stereocenters. The van der Waals surface area contributed by atoms with Crippen LogP contribution in [0.15, 0.2) is 0 Å². The Kier molecular flexibility index (Phi) is 4.58. The predicted octanol–water partition coefficient (Wildman–Crippen LogP) is 1.81. The first-order chi connectivity index (χ1) is 7.13. The van der Waals surface area contributed by atoms with E-state index in [4.69, 9.17) is 5.73 Å². The van der Waals surface area contributed by atoms with Crippen LogP contribution < -0.4 is 11.1 Å². The second-order valence-electron chi connectivity index (χ2n) is 4.82. The second-order valence-corrected chi connectivity index (χ2v) is 4.82. The van der Waals surface area contributed by atoms with Gasteiger partial charge in [0.2, 0.25) is 5.91 Å². The van der Waals surface area contributed by atoms with Crippen LogP contribution in [0.4, 0.5) is 0 Å². The highest BCUT2D eigenvalue weighted by Gasteiger charge is 2.35. The summed E-state index contributed by atoms with van der Waals surface area (Å²) in [5.41, 5.74) is 6.14. The van der Waals surface area contributed by atoms with Crippen LogP contribution in [0.2, 0.25) is 0 Å². The summed E-state index contributed by atoms with van der Waals surface area (Å²) in [5.74, 6) is 0.0246. The first-order valence-electron chi connectivity index (χ1n) is 6.17. The normalized spacial score (nSPS) is 20.5. The molecular weight excluding hydrogens is 188 g/mol. The van der Waals surface area contributed by atoms with E-state index < -0.39 is 0 Å². The van der Waals surface area contributed by atoms with Crippen LogP contribution >= 0.6 is 0 Å². The van der Waals surface area contributed by atoms with E-state index in [2.05, 4.69) is 12.2 Å². The van der Waals surface area contributed by atoms with Crippen LogP contribution in [0.25, 0.3) is 0 Å². The zero-order valence-corrected chi connectivity index (χ0v) is 10.0. The van der Waals surface area contributed by atoms with Crippen molar-refractivity contribution < 1.29 is 4.79 Å². The highest BCUT2D eigenvalue weighted by molar-refractivity contribution is 5.81. The van der Waals surface area contributed by atoms with Crippen molar-refractivity contribution in [2.45, 2.75) is 58.4 Å². The average molecular weight is 212 g/mol. The molecule has 0 unspecified atom stereocenters. The molecule has 3 N–H and O–H groups in total. The zero-order valence-electron chi connectivity index (χ0n) is 10.0. The topological polar surface area (TPSA) is 55.1 Å². The van der Waals surface area contributed by atoms with Crippen molar-refractivity contribution in [1.29, 1.82) is 0 Å². The predicted molar refractivity (Wildman–Crippen MR) is 62.5 cm³/mol. The molecule has 1 fully saturated rings. The Morgan fingerprint density at radius 2 is 2.13 bits per heavy atom. The lowest BCUT2D eigenvalue weighted by atomic mass is 9.67. The first-order valence-corrected chi connectivity index (χ1v) is 6.17. The van der Waals surface area contributed by atoms with E-state index in [-0.39, 0.29) is 11.9 Å². The van der Waals surface area contributed by atoms with Gasteiger partial charge in [-0.2, -0.15) is 0 Å². The molecule has 3 heteroatoms. The van der Waals surface area contributed by atoms with Crippen molar-refractivity contribution in [3.8, 4) is 0 Å². The third kappa shape index (κ3) is 3.20. The number of amides is 1. The summed E-state index contributed by atoms with van der Waals surface area (Å²) in [7, 11) is 0. The minimum atomic E-state index is -0.316. The maximum absolute atomic E-state index is 11.6. The molecule has 1 saturated carbocycles. The van der Waals surface area contributed by atoms with E-state index in [1.807, 2.05) is 6.92 Å². The lowest BCUT2D eigenvalue weighted by Gasteiger charge is -2.41. The Hall–Kier alpha value is -0.570. The SMILES string of the molecule is CCC[C@@H](N)C(=O)NCC1(CC)CCC1. The van der Waals surface area contributed by atoms with Crippen molar-refractivity contribution in [2.75, 3.05) is 6.54 Å². The molecule has 1 rings (SSSR count). The first kappa shape index (κ1) is 12.5. The quantitative estimate of drug-likeness (QED) is 0.705. The maximum atomic E-state index is 11.6. The Morgan fingerprint density at radius 3 is 2.53 bits per heavy atom. The molecule has 0 aromatic carbocycles. The molecule has 0 aliphatic heterocycles. The largest absolute Gasteiger partial charge is 0.354 e. The van der Waals surface area contributed by atoms with Crippen molar-refractivity contribution in [3.05, 3.63) is 0 Å². The van der Waals surface area contributed by atoms with Gasteiger partial charge in [0.05, 0.1) is 6.04 Å². The van der Waals surface area contributed by atoms with Gasteiger partial charge >= 0.3 is 0 Å². The summed E-state index contributed by atoms with van der Waals surface area (Å²) in [4.78, 5) is 11.6. The smallest absolute Gasteiger partial charge is 0.236 e. The number of nitrogens with two attached hydrogens (primary N) is 1. The van der Waals surface area contributed by atoms with Crippen LogP contribution in [-0.2, 0) is 4.79 Å². The number of carbonyl (C=O) groups excluding carboxylic acids is 1. The van der Waals surface area contributed by atoms with Crippen molar-refractivity contribution in [1.82, 2.24) is 5.32 Å². The third-order valence-electron chi connectivity index (χ3n) is 3.74. The molecule has 88 valence electrons. The van der Waals surface area contributed by atoms with Gasteiger partial charge in [-0.15, -0.1) is 0 Å². The van der Waals surface area contributed by atoms with E-state index in [0.717, 1.165) is 25.8 Å². The van der Waals surface area contributed by atoms with E-state index >= 15 is 0 Å². The summed E-state index contributed by atoms with van der Waals surface area (Å²) in [6.45, 7) is 5.07. The van der Waals surface area contributed by atoms with Crippen LogP contribution in [0.1, 0.15) is 52.4 Å². The van der Waals surface area contributed by atoms with Gasteiger partial charge in [-0.3, -0.25) is 4.79 Å². The maximum Gasteiger partial charge on any atom is 0.236 e. The summed E-state index contributed by atoms with van der Waals surface area (Å²) >= 11 is 0. The van der Waals surface area contributed by atoms with Crippen LogP contribution in [0, 0.1) is 5.41 Å². The van der Waals surface area contributed by atoms with E-state index in [9.17, 15) is 4.79 Å². The number of hydrogen-bond acceptors (Lipinski definition) is 2. The van der Waals surface area contributed by atoms with Gasteiger partial charge in [0, 0.05) is 6.54 Å². The summed E-state index contributed by atoms with van der Waals surface area (Å²) in [6.07, 6.45) is 6.74. The third-order valence-corrected chi connectivity index (χ3v) is 3.74. The molecule has 0 aromatic heterocycles. The molecular formula is C12H24N2O. The van der Waals surface area contributed by atoms with Gasteiger partial charge in [-0.25, -0.2) is 0 Å². The molecule has 0 spiro atoms. The molecule has 1 amide bonds.